The maximum absolute atomic E-state index is 13.0. The van der Waals surface area contributed by atoms with Crippen molar-refractivity contribution in [3.8, 4) is 0 Å². The topological polar surface area (TPSA) is 75.1 Å². The van der Waals surface area contributed by atoms with Crippen LogP contribution in [0.2, 0.25) is 0 Å². The molecular weight excluding hydrogens is 387 g/mol. The Morgan fingerprint density at radius 1 is 1.03 bits per heavy atom. The molecule has 2 aromatic rings. The SMILES string of the molecule is CN(C)c1ccc([C@@H](CNC(=O)C(=O)Nc2ccc(F)cc2)[NH+]2CCOCC2)cc1. The first-order chi connectivity index (χ1) is 14.4. The molecule has 160 valence electrons. The molecule has 0 unspecified atom stereocenters. The Balaban J connectivity index is 1.65. The number of rotatable bonds is 6. The smallest absolute Gasteiger partial charge is 0.313 e. The fourth-order valence-electron chi connectivity index (χ4n) is 3.48. The number of carbonyl (C=O) groups is 2. The molecule has 0 bridgehead atoms. The molecule has 1 aliphatic heterocycles. The molecule has 30 heavy (non-hydrogen) atoms. The summed E-state index contributed by atoms with van der Waals surface area (Å²) < 4.78 is 18.5. The molecule has 1 fully saturated rings. The zero-order valence-corrected chi connectivity index (χ0v) is 17.3. The summed E-state index contributed by atoms with van der Waals surface area (Å²) in [5, 5.41) is 5.23. The second kappa shape index (κ2) is 10.2. The van der Waals surface area contributed by atoms with Crippen molar-refractivity contribution < 1.29 is 23.6 Å². The van der Waals surface area contributed by atoms with Crippen LogP contribution < -0.4 is 20.4 Å². The molecule has 0 aliphatic carbocycles. The summed E-state index contributed by atoms with van der Waals surface area (Å²) in [6, 6.07) is 13.5. The summed E-state index contributed by atoms with van der Waals surface area (Å²) in [6.07, 6.45) is 0. The molecule has 0 aromatic heterocycles. The lowest BCUT2D eigenvalue weighted by Gasteiger charge is -2.32. The van der Waals surface area contributed by atoms with Gasteiger partial charge >= 0.3 is 11.8 Å². The summed E-state index contributed by atoms with van der Waals surface area (Å²) in [4.78, 5) is 27.9. The van der Waals surface area contributed by atoms with E-state index in [2.05, 4.69) is 22.8 Å². The van der Waals surface area contributed by atoms with E-state index in [1.54, 1.807) is 0 Å². The monoisotopic (exact) mass is 415 g/mol. The number of ether oxygens (including phenoxy) is 1. The van der Waals surface area contributed by atoms with Crippen molar-refractivity contribution in [1.82, 2.24) is 5.32 Å². The quantitative estimate of drug-likeness (QED) is 0.605. The van der Waals surface area contributed by atoms with E-state index in [0.29, 0.717) is 25.4 Å². The van der Waals surface area contributed by atoms with Crippen LogP contribution in [-0.2, 0) is 14.3 Å². The Morgan fingerprint density at radius 3 is 2.27 bits per heavy atom. The molecule has 1 atom stereocenters. The molecule has 3 rings (SSSR count). The van der Waals surface area contributed by atoms with Crippen LogP contribution in [0.4, 0.5) is 15.8 Å². The lowest BCUT2D eigenvalue weighted by Crippen LogP contribution is -3.15. The van der Waals surface area contributed by atoms with Crippen LogP contribution in [0, 0.1) is 5.82 Å². The zero-order valence-electron chi connectivity index (χ0n) is 17.3. The van der Waals surface area contributed by atoms with Gasteiger partial charge in [-0.15, -0.1) is 0 Å². The molecule has 0 radical (unpaired) electrons. The predicted molar refractivity (Wildman–Crippen MR) is 113 cm³/mol. The number of quaternary nitrogens is 1. The zero-order chi connectivity index (χ0) is 21.5. The van der Waals surface area contributed by atoms with Crippen LogP contribution in [0.5, 0.6) is 0 Å². The number of nitrogens with one attached hydrogen (secondary N) is 3. The normalized spacial score (nSPS) is 15.3. The van der Waals surface area contributed by atoms with Gasteiger partial charge in [-0.1, -0.05) is 12.1 Å². The van der Waals surface area contributed by atoms with Gasteiger partial charge in [0.1, 0.15) is 24.9 Å². The van der Waals surface area contributed by atoms with Gasteiger partial charge in [0, 0.05) is 31.0 Å². The first kappa shape index (κ1) is 21.7. The number of morpholine rings is 1. The minimum atomic E-state index is -0.778. The van der Waals surface area contributed by atoms with E-state index in [1.807, 2.05) is 31.1 Å². The van der Waals surface area contributed by atoms with Crippen molar-refractivity contribution in [2.24, 2.45) is 0 Å². The van der Waals surface area contributed by atoms with Crippen molar-refractivity contribution in [2.75, 3.05) is 57.2 Å². The first-order valence-corrected chi connectivity index (χ1v) is 9.98. The van der Waals surface area contributed by atoms with Gasteiger partial charge in [0.25, 0.3) is 0 Å². The number of anilines is 2. The third kappa shape index (κ3) is 5.77. The average molecular weight is 415 g/mol. The van der Waals surface area contributed by atoms with Crippen LogP contribution in [0.25, 0.3) is 0 Å². The maximum atomic E-state index is 13.0. The highest BCUT2D eigenvalue weighted by Gasteiger charge is 2.28. The van der Waals surface area contributed by atoms with Gasteiger partial charge in [-0.3, -0.25) is 9.59 Å². The molecular formula is C22H28FN4O3+. The van der Waals surface area contributed by atoms with Crippen LogP contribution in [0.1, 0.15) is 11.6 Å². The fourth-order valence-corrected chi connectivity index (χ4v) is 3.48. The molecule has 1 aliphatic rings. The predicted octanol–water partition coefficient (Wildman–Crippen LogP) is 0.603. The van der Waals surface area contributed by atoms with Crippen molar-refractivity contribution in [3.63, 3.8) is 0 Å². The van der Waals surface area contributed by atoms with Crippen molar-refractivity contribution in [1.29, 1.82) is 0 Å². The van der Waals surface area contributed by atoms with E-state index in [4.69, 9.17) is 4.74 Å². The van der Waals surface area contributed by atoms with Gasteiger partial charge in [0.05, 0.1) is 19.8 Å². The van der Waals surface area contributed by atoms with Gasteiger partial charge < -0.3 is 25.2 Å². The average Bonchev–Trinajstić information content (AvgIpc) is 2.76. The number of carbonyl (C=O) groups excluding carboxylic acids is 2. The van der Waals surface area contributed by atoms with E-state index in [0.717, 1.165) is 24.3 Å². The van der Waals surface area contributed by atoms with Gasteiger partial charge in [0.15, 0.2) is 0 Å². The molecule has 3 N–H and O–H groups in total. The van der Waals surface area contributed by atoms with E-state index < -0.39 is 17.6 Å². The third-order valence-corrected chi connectivity index (χ3v) is 5.21. The fraction of sp³-hybridized carbons (Fsp3) is 0.364. The van der Waals surface area contributed by atoms with E-state index in [1.165, 1.54) is 29.2 Å². The number of amides is 2. The number of hydrogen-bond acceptors (Lipinski definition) is 4. The molecule has 2 aromatic carbocycles. The van der Waals surface area contributed by atoms with Gasteiger partial charge in [-0.05, 0) is 36.4 Å². The first-order valence-electron chi connectivity index (χ1n) is 9.98. The summed E-state index contributed by atoms with van der Waals surface area (Å²) in [6.45, 7) is 3.32. The van der Waals surface area contributed by atoms with Gasteiger partial charge in [0.2, 0.25) is 0 Å². The third-order valence-electron chi connectivity index (χ3n) is 5.21. The Labute approximate surface area is 175 Å². The van der Waals surface area contributed by atoms with Crippen molar-refractivity contribution in [2.45, 2.75) is 6.04 Å². The largest absolute Gasteiger partial charge is 0.378 e. The summed E-state index contributed by atoms with van der Waals surface area (Å²) >= 11 is 0. The molecule has 0 spiro atoms. The highest BCUT2D eigenvalue weighted by atomic mass is 19.1. The van der Waals surface area contributed by atoms with Crippen molar-refractivity contribution in [3.05, 3.63) is 59.9 Å². The second-order valence-electron chi connectivity index (χ2n) is 7.48. The summed E-state index contributed by atoms with van der Waals surface area (Å²) in [5.74, 6) is -1.91. The van der Waals surface area contributed by atoms with Gasteiger partial charge in [-0.25, -0.2) is 4.39 Å². The van der Waals surface area contributed by atoms with Crippen molar-refractivity contribution >= 4 is 23.2 Å². The van der Waals surface area contributed by atoms with Crippen LogP contribution in [0.15, 0.2) is 48.5 Å². The van der Waals surface area contributed by atoms with Crippen LogP contribution in [0.3, 0.4) is 0 Å². The van der Waals surface area contributed by atoms with Gasteiger partial charge in [-0.2, -0.15) is 0 Å². The lowest BCUT2D eigenvalue weighted by atomic mass is 10.0. The molecule has 0 saturated carbocycles. The Hall–Kier alpha value is -2.97. The molecule has 1 heterocycles. The van der Waals surface area contributed by atoms with E-state index in [9.17, 15) is 14.0 Å². The van der Waals surface area contributed by atoms with Crippen LogP contribution in [-0.4, -0.2) is 58.8 Å². The van der Waals surface area contributed by atoms with Crippen LogP contribution >= 0.6 is 0 Å². The molecule has 8 heteroatoms. The number of nitrogens with zero attached hydrogens (tertiary/aromatic N) is 1. The maximum Gasteiger partial charge on any atom is 0.313 e. The Kier molecular flexibility index (Phi) is 7.37. The number of benzene rings is 2. The minimum Gasteiger partial charge on any atom is -0.378 e. The Bertz CT molecular complexity index is 850. The standard InChI is InChI=1S/C22H27FN4O3/c1-26(2)19-9-3-16(4-10-19)20(27-11-13-30-14-12-27)15-24-21(28)22(29)25-18-7-5-17(23)6-8-18/h3-10,20H,11-15H2,1-2H3,(H,24,28)(H,25,29)/p+1/t20-/m1/s1. The minimum absolute atomic E-state index is 0.00711. The second-order valence-corrected chi connectivity index (χ2v) is 7.48. The van der Waals surface area contributed by atoms with E-state index >= 15 is 0 Å². The highest BCUT2D eigenvalue weighted by Crippen LogP contribution is 2.16. The highest BCUT2D eigenvalue weighted by molar-refractivity contribution is 6.39. The summed E-state index contributed by atoms with van der Waals surface area (Å²) in [5.41, 5.74) is 2.56. The number of halogens is 1. The molecule has 1 saturated heterocycles. The van der Waals surface area contributed by atoms with E-state index in [-0.39, 0.29) is 6.04 Å². The molecule has 7 nitrogen and oxygen atoms in total. The summed E-state index contributed by atoms with van der Waals surface area (Å²) in [7, 11) is 3.97. The Morgan fingerprint density at radius 2 is 1.67 bits per heavy atom. The number of hydrogen-bond donors (Lipinski definition) is 3. The lowest BCUT2D eigenvalue weighted by molar-refractivity contribution is -0.937. The molecule has 2 amide bonds.